The average Bonchev–Trinajstić information content (AvgIpc) is 2.99. The number of rotatable bonds is 8. The number of amides is 1. The zero-order valence-electron chi connectivity index (χ0n) is 14.6. The highest BCUT2D eigenvalue weighted by atomic mass is 16.5. The summed E-state index contributed by atoms with van der Waals surface area (Å²) in [7, 11) is 0. The highest BCUT2D eigenvalue weighted by Crippen LogP contribution is 2.14. The minimum absolute atomic E-state index is 0.0826. The Labute approximate surface area is 146 Å². The molecule has 1 unspecified atom stereocenters. The summed E-state index contributed by atoms with van der Waals surface area (Å²) in [6.45, 7) is 5.97. The minimum Gasteiger partial charge on any atom is -0.494 e. The Hall–Kier alpha value is -2.83. The zero-order valence-corrected chi connectivity index (χ0v) is 14.6. The fourth-order valence-electron chi connectivity index (χ4n) is 2.19. The van der Waals surface area contributed by atoms with Gasteiger partial charge in [-0.2, -0.15) is 0 Å². The second-order valence-electron chi connectivity index (χ2n) is 5.45. The number of aromatic nitrogens is 1. The van der Waals surface area contributed by atoms with E-state index in [0.29, 0.717) is 24.6 Å². The van der Waals surface area contributed by atoms with Crippen LogP contribution in [-0.2, 0) is 20.7 Å². The van der Waals surface area contributed by atoms with Gasteiger partial charge in [-0.1, -0.05) is 24.2 Å². The Balaban J connectivity index is 1.89. The zero-order chi connectivity index (χ0) is 18.2. The second kappa shape index (κ2) is 8.86. The number of ether oxygens (including phenoxy) is 2. The summed E-state index contributed by atoms with van der Waals surface area (Å²) in [6, 6.07) is 8.77. The van der Waals surface area contributed by atoms with E-state index in [1.807, 2.05) is 6.92 Å². The van der Waals surface area contributed by atoms with Gasteiger partial charge in [-0.3, -0.25) is 9.59 Å². The van der Waals surface area contributed by atoms with Crippen LogP contribution >= 0.6 is 0 Å². The van der Waals surface area contributed by atoms with Crippen molar-refractivity contribution in [2.75, 3.05) is 11.9 Å². The van der Waals surface area contributed by atoms with E-state index in [9.17, 15) is 9.59 Å². The molecule has 0 radical (unpaired) electrons. The maximum Gasteiger partial charge on any atom is 0.311 e. The molecule has 0 spiro atoms. The first-order chi connectivity index (χ1) is 12.0. The highest BCUT2D eigenvalue weighted by Gasteiger charge is 2.22. The van der Waals surface area contributed by atoms with Crippen LogP contribution in [-0.4, -0.2) is 29.7 Å². The molecule has 1 aromatic carbocycles. The maximum absolute atomic E-state index is 12.2. The van der Waals surface area contributed by atoms with Crippen molar-refractivity contribution in [1.82, 2.24) is 5.16 Å². The molecule has 2 aromatic rings. The monoisotopic (exact) mass is 346 g/mol. The summed E-state index contributed by atoms with van der Waals surface area (Å²) < 4.78 is 15.5. The van der Waals surface area contributed by atoms with Crippen LogP contribution in [0.5, 0.6) is 5.75 Å². The third-order valence-electron chi connectivity index (χ3n) is 3.40. The average molecular weight is 346 g/mol. The highest BCUT2D eigenvalue weighted by molar-refractivity contribution is 5.94. The molecule has 1 heterocycles. The molecule has 0 bridgehead atoms. The lowest BCUT2D eigenvalue weighted by molar-refractivity contribution is -0.153. The Bertz CT molecular complexity index is 709. The summed E-state index contributed by atoms with van der Waals surface area (Å²) in [6.07, 6.45) is -0.441. The normalized spacial score (nSPS) is 11.6. The van der Waals surface area contributed by atoms with Gasteiger partial charge in [0.1, 0.15) is 11.5 Å². The number of hydrogen-bond acceptors (Lipinski definition) is 6. The molecule has 1 atom stereocenters. The van der Waals surface area contributed by atoms with E-state index in [0.717, 1.165) is 11.3 Å². The van der Waals surface area contributed by atoms with Crippen LogP contribution in [0.15, 0.2) is 34.9 Å². The first kappa shape index (κ1) is 18.5. The number of benzene rings is 1. The first-order valence-corrected chi connectivity index (χ1v) is 8.17. The van der Waals surface area contributed by atoms with Crippen molar-refractivity contribution in [3.05, 3.63) is 41.7 Å². The molecule has 0 saturated heterocycles. The molecular formula is C18H22N2O5. The van der Waals surface area contributed by atoms with E-state index in [4.69, 9.17) is 14.0 Å². The van der Waals surface area contributed by atoms with Gasteiger partial charge in [0.25, 0.3) is 5.91 Å². The third kappa shape index (κ3) is 5.63. The number of nitrogens with one attached hydrogen (secondary N) is 1. The Morgan fingerprint density at radius 2 is 1.96 bits per heavy atom. The van der Waals surface area contributed by atoms with Crippen molar-refractivity contribution in [1.29, 1.82) is 0 Å². The van der Waals surface area contributed by atoms with Gasteiger partial charge < -0.3 is 19.3 Å². The summed E-state index contributed by atoms with van der Waals surface area (Å²) >= 11 is 0. The van der Waals surface area contributed by atoms with Crippen LogP contribution in [0.4, 0.5) is 5.82 Å². The van der Waals surface area contributed by atoms with Gasteiger partial charge >= 0.3 is 5.97 Å². The van der Waals surface area contributed by atoms with Crippen molar-refractivity contribution >= 4 is 17.7 Å². The Morgan fingerprint density at radius 3 is 2.52 bits per heavy atom. The molecule has 0 fully saturated rings. The van der Waals surface area contributed by atoms with Crippen molar-refractivity contribution in [3.8, 4) is 5.75 Å². The summed E-state index contributed by atoms with van der Waals surface area (Å²) in [5.74, 6) is 0.714. The number of esters is 1. The van der Waals surface area contributed by atoms with Crippen molar-refractivity contribution in [2.45, 2.75) is 39.7 Å². The lowest BCUT2D eigenvalue weighted by Crippen LogP contribution is -2.32. The fourth-order valence-corrected chi connectivity index (χ4v) is 2.19. The van der Waals surface area contributed by atoms with Crippen molar-refractivity contribution in [3.63, 3.8) is 0 Å². The van der Waals surface area contributed by atoms with E-state index in [2.05, 4.69) is 10.5 Å². The van der Waals surface area contributed by atoms with Gasteiger partial charge in [-0.25, -0.2) is 0 Å². The number of nitrogens with zero attached hydrogens (tertiary/aromatic N) is 1. The molecule has 0 aliphatic carbocycles. The van der Waals surface area contributed by atoms with Gasteiger partial charge in [0.15, 0.2) is 11.9 Å². The van der Waals surface area contributed by atoms with Crippen molar-refractivity contribution < 1.29 is 23.6 Å². The lowest BCUT2D eigenvalue weighted by Gasteiger charge is -2.15. The Morgan fingerprint density at radius 1 is 1.24 bits per heavy atom. The Kier molecular flexibility index (Phi) is 6.56. The van der Waals surface area contributed by atoms with Gasteiger partial charge in [0.05, 0.1) is 13.0 Å². The number of anilines is 1. The van der Waals surface area contributed by atoms with Crippen LogP contribution in [0, 0.1) is 6.92 Å². The molecule has 1 N–H and O–H groups in total. The number of carbonyl (C=O) groups excluding carboxylic acids is 2. The molecule has 0 aliphatic heterocycles. The summed E-state index contributed by atoms with van der Waals surface area (Å²) in [5.41, 5.74) is 0.788. The molecule has 1 aromatic heterocycles. The molecular weight excluding hydrogens is 324 g/mol. The van der Waals surface area contributed by atoms with Crippen LogP contribution in [0.25, 0.3) is 0 Å². The fraction of sp³-hybridized carbons (Fsp3) is 0.389. The quantitative estimate of drug-likeness (QED) is 0.739. The van der Waals surface area contributed by atoms with Gasteiger partial charge in [-0.15, -0.1) is 0 Å². The molecule has 25 heavy (non-hydrogen) atoms. The predicted octanol–water partition coefficient (Wildman–Crippen LogP) is 2.88. The lowest BCUT2D eigenvalue weighted by atomic mass is 10.1. The molecule has 134 valence electrons. The van der Waals surface area contributed by atoms with Gasteiger partial charge in [-0.05, 0) is 38.0 Å². The van der Waals surface area contributed by atoms with E-state index in [1.165, 1.54) is 0 Å². The molecule has 7 heteroatoms. The van der Waals surface area contributed by atoms with Gasteiger partial charge in [0, 0.05) is 6.07 Å². The first-order valence-electron chi connectivity index (χ1n) is 8.17. The third-order valence-corrected chi connectivity index (χ3v) is 3.40. The van der Waals surface area contributed by atoms with Crippen LogP contribution in [0.3, 0.4) is 0 Å². The molecule has 2 rings (SSSR count). The second-order valence-corrected chi connectivity index (χ2v) is 5.45. The van der Waals surface area contributed by atoms with Gasteiger partial charge in [0.2, 0.25) is 0 Å². The molecule has 1 amide bonds. The number of carbonyl (C=O) groups is 2. The molecule has 0 aliphatic rings. The number of aryl methyl sites for hydroxylation is 1. The van der Waals surface area contributed by atoms with E-state index in [1.54, 1.807) is 44.2 Å². The van der Waals surface area contributed by atoms with E-state index < -0.39 is 18.0 Å². The van der Waals surface area contributed by atoms with Crippen LogP contribution in [0.2, 0.25) is 0 Å². The van der Waals surface area contributed by atoms with Crippen LogP contribution < -0.4 is 10.1 Å². The van der Waals surface area contributed by atoms with Crippen molar-refractivity contribution in [2.24, 2.45) is 0 Å². The topological polar surface area (TPSA) is 90.7 Å². The predicted molar refractivity (Wildman–Crippen MR) is 91.4 cm³/mol. The summed E-state index contributed by atoms with van der Waals surface area (Å²) in [4.78, 5) is 24.3. The minimum atomic E-state index is -0.882. The summed E-state index contributed by atoms with van der Waals surface area (Å²) in [5, 5.41) is 6.25. The van der Waals surface area contributed by atoms with E-state index in [-0.39, 0.29) is 6.42 Å². The van der Waals surface area contributed by atoms with E-state index >= 15 is 0 Å². The number of hydrogen-bond donors (Lipinski definition) is 1. The largest absolute Gasteiger partial charge is 0.494 e. The maximum atomic E-state index is 12.2. The molecule has 0 saturated carbocycles. The standard InChI is InChI=1S/C18H22N2O5/c1-4-15(18(22)19-16-10-12(3)25-20-16)24-17(21)11-13-6-8-14(9-7-13)23-5-2/h6-10,15H,4-5,11H2,1-3H3,(H,19,20,22). The molecule has 7 nitrogen and oxygen atoms in total. The smallest absolute Gasteiger partial charge is 0.311 e. The van der Waals surface area contributed by atoms with Crippen LogP contribution in [0.1, 0.15) is 31.6 Å². The SMILES string of the molecule is CCOc1ccc(CC(=O)OC(CC)C(=O)Nc2cc(C)on2)cc1.